The first-order valence-electron chi connectivity index (χ1n) is 11.6. The van der Waals surface area contributed by atoms with E-state index in [2.05, 4.69) is 29.0 Å². The van der Waals surface area contributed by atoms with Gasteiger partial charge in [0.1, 0.15) is 16.1 Å². The molecule has 182 valence electrons. The smallest absolute Gasteiger partial charge is 0.410 e. The number of carbonyl (C=O) groups is 1. The average Bonchev–Trinajstić information content (AvgIpc) is 2.74. The van der Waals surface area contributed by atoms with E-state index in [4.69, 9.17) is 9.47 Å². The summed E-state index contributed by atoms with van der Waals surface area (Å²) in [7, 11) is 1.68. The summed E-state index contributed by atoms with van der Waals surface area (Å²) in [6.07, 6.45) is 1.30. The second kappa shape index (κ2) is 10.1. The number of likely N-dealkylation sites (tertiary alicyclic amines) is 1. The van der Waals surface area contributed by atoms with Gasteiger partial charge in [-0.2, -0.15) is 0 Å². The van der Waals surface area contributed by atoms with Crippen LogP contribution in [0.2, 0.25) is 0 Å². The summed E-state index contributed by atoms with van der Waals surface area (Å²) in [5.41, 5.74) is 0.490. The SMILES string of the molecule is COc1cc2ccccc2cc1C(N[S@@+]([O-])C(C)(C)C)C1CCN(C(=O)OC(C)(C)C)CC1. The number of methoxy groups -OCH3 is 1. The van der Waals surface area contributed by atoms with E-state index in [0.29, 0.717) is 13.1 Å². The molecule has 0 saturated carbocycles. The van der Waals surface area contributed by atoms with Gasteiger partial charge in [0, 0.05) is 30.0 Å². The molecule has 0 aliphatic carbocycles. The molecule has 1 aliphatic rings. The van der Waals surface area contributed by atoms with Crippen molar-refractivity contribution in [3.63, 3.8) is 0 Å². The molecule has 1 unspecified atom stereocenters. The third-order valence-corrected chi connectivity index (χ3v) is 7.47. The van der Waals surface area contributed by atoms with Crippen LogP contribution in [0.3, 0.4) is 0 Å². The highest BCUT2D eigenvalue weighted by atomic mass is 32.2. The maximum atomic E-state index is 13.2. The number of hydrogen-bond donors (Lipinski definition) is 1. The Morgan fingerprint density at radius 3 is 2.18 bits per heavy atom. The Balaban J connectivity index is 1.89. The van der Waals surface area contributed by atoms with Crippen LogP contribution in [0.5, 0.6) is 5.75 Å². The fourth-order valence-electron chi connectivity index (χ4n) is 4.10. The Kier molecular flexibility index (Phi) is 7.87. The number of benzene rings is 2. The number of carbonyl (C=O) groups excluding carboxylic acids is 1. The quantitative estimate of drug-likeness (QED) is 0.572. The number of piperidine rings is 1. The number of rotatable bonds is 5. The van der Waals surface area contributed by atoms with E-state index >= 15 is 0 Å². The fraction of sp³-hybridized carbons (Fsp3) is 0.577. The van der Waals surface area contributed by atoms with E-state index in [1.165, 1.54) is 0 Å². The molecule has 1 heterocycles. The Morgan fingerprint density at radius 2 is 1.67 bits per heavy atom. The van der Waals surface area contributed by atoms with Crippen LogP contribution >= 0.6 is 0 Å². The van der Waals surface area contributed by atoms with Crippen LogP contribution in [-0.4, -0.2) is 46.1 Å². The highest BCUT2D eigenvalue weighted by Gasteiger charge is 2.37. The van der Waals surface area contributed by atoms with E-state index in [-0.39, 0.29) is 18.1 Å². The predicted molar refractivity (Wildman–Crippen MR) is 135 cm³/mol. The number of fused-ring (bicyclic) bond motifs is 1. The van der Waals surface area contributed by atoms with Crippen molar-refractivity contribution in [1.29, 1.82) is 0 Å². The van der Waals surface area contributed by atoms with Gasteiger partial charge in [0.2, 0.25) is 0 Å². The first-order chi connectivity index (χ1) is 15.4. The zero-order valence-corrected chi connectivity index (χ0v) is 21.8. The Bertz CT molecular complexity index is 959. The van der Waals surface area contributed by atoms with Crippen molar-refractivity contribution in [3.8, 4) is 5.75 Å². The number of hydrogen-bond acceptors (Lipinski definition) is 5. The molecule has 3 rings (SSSR count). The van der Waals surface area contributed by atoms with Crippen LogP contribution < -0.4 is 9.46 Å². The highest BCUT2D eigenvalue weighted by molar-refractivity contribution is 7.90. The van der Waals surface area contributed by atoms with Gasteiger partial charge < -0.3 is 18.9 Å². The molecule has 1 amide bonds. The molecule has 0 bridgehead atoms. The molecule has 7 heteroatoms. The molecular formula is C26H38N2O4S. The van der Waals surface area contributed by atoms with Crippen molar-refractivity contribution in [2.45, 2.75) is 70.8 Å². The predicted octanol–water partition coefficient (Wildman–Crippen LogP) is 5.59. The van der Waals surface area contributed by atoms with Crippen molar-refractivity contribution in [2.24, 2.45) is 5.92 Å². The molecule has 0 spiro atoms. The van der Waals surface area contributed by atoms with Crippen LogP contribution in [0.15, 0.2) is 36.4 Å². The summed E-state index contributed by atoms with van der Waals surface area (Å²) in [4.78, 5) is 14.3. The Morgan fingerprint density at radius 1 is 1.09 bits per heavy atom. The lowest BCUT2D eigenvalue weighted by Crippen LogP contribution is -2.47. The Hall–Kier alpha value is -1.96. The van der Waals surface area contributed by atoms with Gasteiger partial charge in [-0.25, -0.2) is 4.79 Å². The lowest BCUT2D eigenvalue weighted by atomic mass is 9.85. The monoisotopic (exact) mass is 474 g/mol. The van der Waals surface area contributed by atoms with Gasteiger partial charge in [-0.15, -0.1) is 4.72 Å². The fourth-order valence-corrected chi connectivity index (χ4v) is 5.01. The second-order valence-electron chi connectivity index (χ2n) is 10.7. The van der Waals surface area contributed by atoms with E-state index in [9.17, 15) is 9.35 Å². The Labute approximate surface area is 201 Å². The molecule has 33 heavy (non-hydrogen) atoms. The van der Waals surface area contributed by atoms with Gasteiger partial charge in [0.25, 0.3) is 0 Å². The van der Waals surface area contributed by atoms with Crippen molar-refractivity contribution < 1.29 is 18.8 Å². The van der Waals surface area contributed by atoms with Crippen molar-refractivity contribution in [3.05, 3.63) is 42.0 Å². The summed E-state index contributed by atoms with van der Waals surface area (Å²) in [5, 5.41) is 2.22. The number of nitrogens with zero attached hydrogens (tertiary/aromatic N) is 1. The van der Waals surface area contributed by atoms with Crippen LogP contribution in [0.1, 0.15) is 66.0 Å². The minimum absolute atomic E-state index is 0.162. The third-order valence-electron chi connectivity index (χ3n) is 5.89. The maximum Gasteiger partial charge on any atom is 0.410 e. The van der Waals surface area contributed by atoms with Gasteiger partial charge in [-0.3, -0.25) is 0 Å². The van der Waals surface area contributed by atoms with E-state index < -0.39 is 21.7 Å². The van der Waals surface area contributed by atoms with Crippen LogP contribution in [0.4, 0.5) is 4.79 Å². The summed E-state index contributed by atoms with van der Waals surface area (Å²) in [6, 6.07) is 12.2. The van der Waals surface area contributed by atoms with E-state index in [1.54, 1.807) is 12.0 Å². The maximum absolute atomic E-state index is 13.2. The molecular weight excluding hydrogens is 436 g/mol. The van der Waals surface area contributed by atoms with Crippen LogP contribution in [-0.2, 0) is 16.1 Å². The lowest BCUT2D eigenvalue weighted by Gasteiger charge is -2.38. The highest BCUT2D eigenvalue weighted by Crippen LogP contribution is 2.39. The molecule has 2 aromatic rings. The third kappa shape index (κ3) is 6.55. The van der Waals surface area contributed by atoms with Crippen molar-refractivity contribution in [2.75, 3.05) is 20.2 Å². The van der Waals surface area contributed by atoms with Gasteiger partial charge in [-0.05, 0) is 83.2 Å². The summed E-state index contributed by atoms with van der Waals surface area (Å²) < 4.78 is 27.5. The molecule has 2 atom stereocenters. The van der Waals surface area contributed by atoms with Crippen LogP contribution in [0.25, 0.3) is 10.8 Å². The molecule has 2 aromatic carbocycles. The van der Waals surface area contributed by atoms with E-state index in [1.807, 2.05) is 53.7 Å². The topological polar surface area (TPSA) is 73.9 Å². The van der Waals surface area contributed by atoms with Gasteiger partial charge in [0.15, 0.2) is 0 Å². The van der Waals surface area contributed by atoms with Crippen molar-refractivity contribution in [1.82, 2.24) is 9.62 Å². The average molecular weight is 475 g/mol. The normalized spacial score (nSPS) is 17.6. The summed E-state index contributed by atoms with van der Waals surface area (Å²) >= 11 is -1.26. The molecule has 1 N–H and O–H groups in total. The standard InChI is InChI=1S/C26H38N2O4S/c1-25(2,3)32-24(29)28-14-12-18(13-15-28)23(27-33(30)26(4,5)6)21-16-19-10-8-9-11-20(19)17-22(21)31-7/h8-11,16-18,23,27H,12-15H2,1-7H3/t23?,33-/m0/s1. The minimum atomic E-state index is -1.26. The molecule has 0 radical (unpaired) electrons. The number of ether oxygens (including phenoxy) is 2. The molecule has 1 fully saturated rings. The van der Waals surface area contributed by atoms with Gasteiger partial charge in [-0.1, -0.05) is 24.3 Å². The summed E-state index contributed by atoms with van der Waals surface area (Å²) in [6.45, 7) is 12.8. The largest absolute Gasteiger partial charge is 0.598 e. The zero-order chi connectivity index (χ0) is 24.4. The first kappa shape index (κ1) is 25.7. The first-order valence-corrected chi connectivity index (χ1v) is 12.8. The zero-order valence-electron chi connectivity index (χ0n) is 20.9. The molecule has 6 nitrogen and oxygen atoms in total. The van der Waals surface area contributed by atoms with Crippen LogP contribution in [0, 0.1) is 5.92 Å². The minimum Gasteiger partial charge on any atom is -0.598 e. The lowest BCUT2D eigenvalue weighted by molar-refractivity contribution is 0.0171. The molecule has 1 saturated heterocycles. The second-order valence-corrected chi connectivity index (χ2v) is 12.7. The summed E-state index contributed by atoms with van der Waals surface area (Å²) in [5.74, 6) is 0.983. The number of nitrogens with one attached hydrogen (secondary N) is 1. The van der Waals surface area contributed by atoms with Gasteiger partial charge in [0.05, 0.1) is 13.2 Å². The molecule has 1 aliphatic heterocycles. The van der Waals surface area contributed by atoms with Crippen molar-refractivity contribution >= 4 is 28.2 Å². The van der Waals surface area contributed by atoms with Gasteiger partial charge >= 0.3 is 6.09 Å². The number of amides is 1. The molecule has 0 aromatic heterocycles. The van der Waals surface area contributed by atoms with E-state index in [0.717, 1.165) is 34.9 Å².